The Morgan fingerprint density at radius 3 is 2.53 bits per heavy atom. The van der Waals surface area contributed by atoms with Gasteiger partial charge in [-0.2, -0.15) is 0 Å². The molecule has 0 radical (unpaired) electrons. The molecule has 0 amide bonds. The predicted molar refractivity (Wildman–Crippen MR) is 67.6 cm³/mol. The van der Waals surface area contributed by atoms with Crippen molar-refractivity contribution in [2.45, 2.75) is 25.4 Å². The van der Waals surface area contributed by atoms with Crippen LogP contribution in [-0.2, 0) is 0 Å². The molecule has 0 aliphatic heterocycles. The number of rotatable bonds is 7. The van der Waals surface area contributed by atoms with Crippen LogP contribution < -0.4 is 5.32 Å². The van der Waals surface area contributed by atoms with Crippen LogP contribution in [0.25, 0.3) is 0 Å². The average Bonchev–Trinajstić information content (AvgIpc) is 3.11. The number of hydrogen-bond donors (Lipinski definition) is 3. The molecule has 1 aromatic carbocycles. The van der Waals surface area contributed by atoms with E-state index in [0.29, 0.717) is 12.0 Å². The van der Waals surface area contributed by atoms with Gasteiger partial charge in [-0.15, -0.1) is 0 Å². The van der Waals surface area contributed by atoms with Crippen LogP contribution in [0.3, 0.4) is 0 Å². The highest BCUT2D eigenvalue weighted by Crippen LogP contribution is 2.47. The first-order valence-corrected chi connectivity index (χ1v) is 6.30. The topological polar surface area (TPSA) is 52.5 Å². The van der Waals surface area contributed by atoms with Gasteiger partial charge in [0.15, 0.2) is 0 Å². The molecule has 1 aliphatic rings. The van der Waals surface area contributed by atoms with E-state index in [1.807, 2.05) is 30.3 Å². The third-order valence-corrected chi connectivity index (χ3v) is 3.62. The van der Waals surface area contributed by atoms with Gasteiger partial charge in [0.2, 0.25) is 0 Å². The van der Waals surface area contributed by atoms with Gasteiger partial charge in [0.25, 0.3) is 0 Å². The molecule has 3 N–H and O–H groups in total. The normalized spacial score (nSPS) is 18.9. The molecule has 1 aliphatic carbocycles. The first-order chi connectivity index (χ1) is 8.26. The summed E-state index contributed by atoms with van der Waals surface area (Å²) in [6.45, 7) is 1.75. The molecular formula is C14H21NO2. The largest absolute Gasteiger partial charge is 0.396 e. The standard InChI is InChI=1S/C14H21NO2/c16-9-8-14(6-7-14)11-15-10-13(17)12-4-2-1-3-5-12/h1-5,13,15-17H,6-11H2. The quantitative estimate of drug-likeness (QED) is 0.671. The molecule has 1 fully saturated rings. The predicted octanol–water partition coefficient (Wildman–Crippen LogP) is 1.47. The van der Waals surface area contributed by atoms with Crippen LogP contribution in [0, 0.1) is 5.41 Å². The molecule has 1 aromatic rings. The Morgan fingerprint density at radius 1 is 1.24 bits per heavy atom. The smallest absolute Gasteiger partial charge is 0.0914 e. The van der Waals surface area contributed by atoms with Crippen molar-refractivity contribution in [3.63, 3.8) is 0 Å². The molecule has 1 unspecified atom stereocenters. The lowest BCUT2D eigenvalue weighted by molar-refractivity contribution is 0.169. The molecule has 3 nitrogen and oxygen atoms in total. The van der Waals surface area contributed by atoms with E-state index in [9.17, 15) is 5.11 Å². The van der Waals surface area contributed by atoms with Gasteiger partial charge in [0.1, 0.15) is 0 Å². The van der Waals surface area contributed by atoms with E-state index in [0.717, 1.165) is 18.5 Å². The second kappa shape index (κ2) is 5.63. The minimum absolute atomic E-state index is 0.267. The van der Waals surface area contributed by atoms with E-state index in [4.69, 9.17) is 5.11 Å². The van der Waals surface area contributed by atoms with Gasteiger partial charge in [-0.25, -0.2) is 0 Å². The minimum atomic E-state index is -0.443. The molecule has 2 rings (SSSR count). The van der Waals surface area contributed by atoms with Crippen molar-refractivity contribution in [1.29, 1.82) is 0 Å². The third-order valence-electron chi connectivity index (χ3n) is 3.62. The van der Waals surface area contributed by atoms with Gasteiger partial charge >= 0.3 is 0 Å². The summed E-state index contributed by atoms with van der Waals surface area (Å²) in [7, 11) is 0. The summed E-state index contributed by atoms with van der Waals surface area (Å²) in [6.07, 6.45) is 2.83. The van der Waals surface area contributed by atoms with Crippen LogP contribution in [0.5, 0.6) is 0 Å². The summed E-state index contributed by atoms with van der Waals surface area (Å²) in [6, 6.07) is 9.70. The Kier molecular flexibility index (Phi) is 4.15. The lowest BCUT2D eigenvalue weighted by Crippen LogP contribution is -2.28. The van der Waals surface area contributed by atoms with Crippen molar-refractivity contribution in [2.75, 3.05) is 19.7 Å². The van der Waals surface area contributed by atoms with E-state index >= 15 is 0 Å². The molecule has 17 heavy (non-hydrogen) atoms. The van der Waals surface area contributed by atoms with Gasteiger partial charge in [-0.1, -0.05) is 30.3 Å². The summed E-state index contributed by atoms with van der Waals surface area (Å²) in [5.41, 5.74) is 1.26. The van der Waals surface area contributed by atoms with Crippen molar-refractivity contribution < 1.29 is 10.2 Å². The molecule has 0 spiro atoms. The van der Waals surface area contributed by atoms with E-state index in [1.165, 1.54) is 12.8 Å². The van der Waals surface area contributed by atoms with Crippen molar-refractivity contribution in [3.8, 4) is 0 Å². The molecule has 0 bridgehead atoms. The first kappa shape index (κ1) is 12.6. The summed E-state index contributed by atoms with van der Waals surface area (Å²) in [5.74, 6) is 0. The lowest BCUT2D eigenvalue weighted by atomic mass is 10.0. The molecule has 1 atom stereocenters. The Labute approximate surface area is 102 Å². The fourth-order valence-electron chi connectivity index (χ4n) is 2.20. The van der Waals surface area contributed by atoms with E-state index in [1.54, 1.807) is 0 Å². The monoisotopic (exact) mass is 235 g/mol. The second-order valence-electron chi connectivity index (χ2n) is 5.03. The summed E-state index contributed by atoms with van der Waals surface area (Å²) >= 11 is 0. The Morgan fingerprint density at radius 2 is 1.94 bits per heavy atom. The van der Waals surface area contributed by atoms with Crippen LogP contribution in [0.4, 0.5) is 0 Å². The number of benzene rings is 1. The number of aliphatic hydroxyl groups excluding tert-OH is 2. The SMILES string of the molecule is OCCC1(CNCC(O)c2ccccc2)CC1. The third kappa shape index (κ3) is 3.53. The molecule has 1 saturated carbocycles. The first-order valence-electron chi connectivity index (χ1n) is 6.30. The van der Waals surface area contributed by atoms with Crippen molar-refractivity contribution in [3.05, 3.63) is 35.9 Å². The van der Waals surface area contributed by atoms with Gasteiger partial charge in [0, 0.05) is 19.7 Å². The Balaban J connectivity index is 1.72. The number of aliphatic hydroxyl groups is 2. The molecule has 94 valence electrons. The maximum absolute atomic E-state index is 9.96. The minimum Gasteiger partial charge on any atom is -0.396 e. The van der Waals surface area contributed by atoms with Crippen LogP contribution >= 0.6 is 0 Å². The molecule has 3 heteroatoms. The maximum atomic E-state index is 9.96. The van der Waals surface area contributed by atoms with E-state index in [2.05, 4.69) is 5.32 Å². The van der Waals surface area contributed by atoms with Crippen molar-refractivity contribution in [2.24, 2.45) is 5.41 Å². The Hall–Kier alpha value is -0.900. The average molecular weight is 235 g/mol. The van der Waals surface area contributed by atoms with Crippen molar-refractivity contribution in [1.82, 2.24) is 5.32 Å². The summed E-state index contributed by atoms with van der Waals surface area (Å²) in [5, 5.41) is 22.2. The zero-order valence-electron chi connectivity index (χ0n) is 10.1. The highest BCUT2D eigenvalue weighted by atomic mass is 16.3. The highest BCUT2D eigenvalue weighted by Gasteiger charge is 2.41. The molecular weight excluding hydrogens is 214 g/mol. The zero-order chi connectivity index (χ0) is 12.1. The van der Waals surface area contributed by atoms with Gasteiger partial charge in [0.05, 0.1) is 6.10 Å². The zero-order valence-corrected chi connectivity index (χ0v) is 10.1. The van der Waals surface area contributed by atoms with Crippen LogP contribution in [0.2, 0.25) is 0 Å². The Bertz CT molecular complexity index is 335. The summed E-state index contributed by atoms with van der Waals surface area (Å²) in [4.78, 5) is 0. The number of hydrogen-bond acceptors (Lipinski definition) is 3. The molecule has 0 saturated heterocycles. The lowest BCUT2D eigenvalue weighted by Gasteiger charge is -2.17. The highest BCUT2D eigenvalue weighted by molar-refractivity contribution is 5.17. The van der Waals surface area contributed by atoms with Gasteiger partial charge in [-0.3, -0.25) is 0 Å². The second-order valence-corrected chi connectivity index (χ2v) is 5.03. The van der Waals surface area contributed by atoms with E-state index < -0.39 is 6.10 Å². The maximum Gasteiger partial charge on any atom is 0.0914 e. The fraction of sp³-hybridized carbons (Fsp3) is 0.571. The van der Waals surface area contributed by atoms with Crippen LogP contribution in [0.15, 0.2) is 30.3 Å². The fourth-order valence-corrected chi connectivity index (χ4v) is 2.20. The van der Waals surface area contributed by atoms with Gasteiger partial charge < -0.3 is 15.5 Å². The molecule has 0 heterocycles. The van der Waals surface area contributed by atoms with Crippen molar-refractivity contribution >= 4 is 0 Å². The molecule has 0 aromatic heterocycles. The number of nitrogens with one attached hydrogen (secondary N) is 1. The van der Waals surface area contributed by atoms with Gasteiger partial charge in [-0.05, 0) is 30.2 Å². The van der Waals surface area contributed by atoms with Crippen LogP contribution in [-0.4, -0.2) is 29.9 Å². The summed E-state index contributed by atoms with van der Waals surface area (Å²) < 4.78 is 0. The van der Waals surface area contributed by atoms with E-state index in [-0.39, 0.29) is 6.61 Å². The van der Waals surface area contributed by atoms with Crippen LogP contribution in [0.1, 0.15) is 30.9 Å².